The zero-order valence-corrected chi connectivity index (χ0v) is 10.5. The number of hydrogen-bond acceptors (Lipinski definition) is 3. The summed E-state index contributed by atoms with van der Waals surface area (Å²) in [5, 5.41) is 4.33. The van der Waals surface area contributed by atoms with Gasteiger partial charge in [0.25, 0.3) is 0 Å². The third kappa shape index (κ3) is 2.08. The molecule has 19 heavy (non-hydrogen) atoms. The van der Waals surface area contributed by atoms with Crippen LogP contribution in [0.3, 0.4) is 0 Å². The van der Waals surface area contributed by atoms with Gasteiger partial charge >= 0.3 is 0 Å². The normalized spacial score (nSPS) is 10.6. The van der Waals surface area contributed by atoms with Crippen LogP contribution in [0.25, 0.3) is 10.9 Å². The van der Waals surface area contributed by atoms with Gasteiger partial charge in [-0.15, -0.1) is 0 Å². The molecule has 4 nitrogen and oxygen atoms in total. The molecule has 94 valence electrons. The van der Waals surface area contributed by atoms with Gasteiger partial charge < -0.3 is 5.32 Å². The summed E-state index contributed by atoms with van der Waals surface area (Å²) in [7, 11) is 0. The van der Waals surface area contributed by atoms with Gasteiger partial charge in [-0.1, -0.05) is 18.2 Å². The van der Waals surface area contributed by atoms with E-state index in [1.165, 1.54) is 0 Å². The van der Waals surface area contributed by atoms with E-state index in [2.05, 4.69) is 10.3 Å². The van der Waals surface area contributed by atoms with E-state index in [0.29, 0.717) is 0 Å². The van der Waals surface area contributed by atoms with Gasteiger partial charge in [-0.2, -0.15) is 0 Å². The first-order chi connectivity index (χ1) is 9.25. The lowest BCUT2D eigenvalue weighted by Gasteiger charge is -2.03. The molecule has 0 fully saturated rings. The lowest BCUT2D eigenvalue weighted by atomic mass is 10.2. The Balaban J connectivity index is 2.11. The maximum Gasteiger partial charge on any atom is 0.228 e. The highest BCUT2D eigenvalue weighted by atomic mass is 16.1. The minimum absolute atomic E-state index is 0.000946. The van der Waals surface area contributed by atoms with Crippen molar-refractivity contribution < 1.29 is 4.79 Å². The highest BCUT2D eigenvalue weighted by Crippen LogP contribution is 2.28. The maximum absolute atomic E-state index is 11.7. The molecular formula is C15H13N3O. The molecule has 0 spiro atoms. The number of pyridine rings is 1. The molecule has 0 saturated heterocycles. The van der Waals surface area contributed by atoms with Crippen LogP contribution in [-0.4, -0.2) is 15.5 Å². The number of nitrogens with zero attached hydrogens (tertiary/aromatic N) is 2. The summed E-state index contributed by atoms with van der Waals surface area (Å²) in [6.45, 7) is 1.56. The van der Waals surface area contributed by atoms with Gasteiger partial charge in [0.2, 0.25) is 5.91 Å². The predicted octanol–water partition coefficient (Wildman–Crippen LogP) is 3.44. The van der Waals surface area contributed by atoms with Crippen LogP contribution in [0.2, 0.25) is 0 Å². The van der Waals surface area contributed by atoms with E-state index in [9.17, 15) is 4.79 Å². The average Bonchev–Trinajstić information content (AvgIpc) is 2.79. The van der Waals surface area contributed by atoms with Gasteiger partial charge in [-0.3, -0.25) is 14.3 Å². The standard InChI is InChI=1S/C15H13N3O/c1-11(19)18-10-14(13-4-2-3-5-15(13)18)17-12-6-8-16-9-7-12/h2-10H,1H3,(H,16,17). The van der Waals surface area contributed by atoms with Crippen molar-refractivity contribution in [2.75, 3.05) is 5.32 Å². The zero-order valence-electron chi connectivity index (χ0n) is 10.5. The maximum atomic E-state index is 11.7. The molecule has 4 heteroatoms. The van der Waals surface area contributed by atoms with Gasteiger partial charge in [0.1, 0.15) is 0 Å². The van der Waals surface area contributed by atoms with Gasteiger partial charge in [-0.05, 0) is 18.2 Å². The van der Waals surface area contributed by atoms with Crippen LogP contribution >= 0.6 is 0 Å². The van der Waals surface area contributed by atoms with Crippen molar-refractivity contribution >= 4 is 28.2 Å². The quantitative estimate of drug-likeness (QED) is 0.759. The highest BCUT2D eigenvalue weighted by Gasteiger charge is 2.10. The molecule has 0 radical (unpaired) electrons. The number of carbonyl (C=O) groups is 1. The average molecular weight is 251 g/mol. The van der Waals surface area contributed by atoms with Crippen LogP contribution in [0.15, 0.2) is 55.0 Å². The molecule has 2 aromatic heterocycles. The third-order valence-electron chi connectivity index (χ3n) is 3.01. The summed E-state index contributed by atoms with van der Waals surface area (Å²) in [6.07, 6.45) is 5.28. The fraction of sp³-hybridized carbons (Fsp3) is 0.0667. The molecule has 0 aliphatic carbocycles. The highest BCUT2D eigenvalue weighted by molar-refractivity contribution is 6.00. The molecule has 0 aliphatic rings. The number of carbonyl (C=O) groups excluding carboxylic acids is 1. The van der Waals surface area contributed by atoms with Crippen LogP contribution in [0.4, 0.5) is 11.4 Å². The Hall–Kier alpha value is -2.62. The largest absolute Gasteiger partial charge is 0.354 e. The van der Waals surface area contributed by atoms with E-state index in [1.54, 1.807) is 23.9 Å². The summed E-state index contributed by atoms with van der Waals surface area (Å²) in [5.41, 5.74) is 2.77. The Bertz CT molecular complexity index is 731. The number of anilines is 2. The number of aromatic nitrogens is 2. The number of fused-ring (bicyclic) bond motifs is 1. The smallest absolute Gasteiger partial charge is 0.228 e. The second-order valence-corrected chi connectivity index (χ2v) is 4.31. The Morgan fingerprint density at radius 2 is 1.89 bits per heavy atom. The molecule has 2 heterocycles. The van der Waals surface area contributed by atoms with E-state index in [4.69, 9.17) is 0 Å². The van der Waals surface area contributed by atoms with Crippen LogP contribution < -0.4 is 5.32 Å². The van der Waals surface area contributed by atoms with Crippen molar-refractivity contribution in [3.8, 4) is 0 Å². The first kappa shape index (κ1) is 11.5. The van der Waals surface area contributed by atoms with E-state index in [-0.39, 0.29) is 5.91 Å². The Labute approximate surface area is 110 Å². The van der Waals surface area contributed by atoms with E-state index >= 15 is 0 Å². The zero-order chi connectivity index (χ0) is 13.2. The Morgan fingerprint density at radius 3 is 2.63 bits per heavy atom. The number of para-hydroxylation sites is 1. The van der Waals surface area contributed by atoms with Crippen LogP contribution in [0.5, 0.6) is 0 Å². The predicted molar refractivity (Wildman–Crippen MR) is 75.8 cm³/mol. The summed E-state index contributed by atoms with van der Waals surface area (Å²) >= 11 is 0. The SMILES string of the molecule is CC(=O)n1cc(Nc2ccncc2)c2ccccc21. The van der Waals surface area contributed by atoms with Gasteiger partial charge in [0.15, 0.2) is 0 Å². The molecule has 3 rings (SSSR count). The van der Waals surface area contributed by atoms with Crippen molar-refractivity contribution in [2.45, 2.75) is 6.92 Å². The topological polar surface area (TPSA) is 46.9 Å². The minimum atomic E-state index is -0.000946. The van der Waals surface area contributed by atoms with Crippen LogP contribution in [-0.2, 0) is 0 Å². The Kier molecular flexibility index (Phi) is 2.76. The molecule has 0 aliphatic heterocycles. The third-order valence-corrected chi connectivity index (χ3v) is 3.01. The Morgan fingerprint density at radius 1 is 1.16 bits per heavy atom. The van der Waals surface area contributed by atoms with Crippen molar-refractivity contribution in [3.63, 3.8) is 0 Å². The van der Waals surface area contributed by atoms with Gasteiger partial charge in [-0.25, -0.2) is 0 Å². The number of rotatable bonds is 2. The number of benzene rings is 1. The lowest BCUT2D eigenvalue weighted by Crippen LogP contribution is -2.02. The fourth-order valence-electron chi connectivity index (χ4n) is 2.13. The molecule has 3 aromatic rings. The van der Waals surface area contributed by atoms with Gasteiger partial charge in [0.05, 0.1) is 11.2 Å². The van der Waals surface area contributed by atoms with Crippen LogP contribution in [0, 0.1) is 0 Å². The van der Waals surface area contributed by atoms with Crippen LogP contribution in [0.1, 0.15) is 11.7 Å². The first-order valence-corrected chi connectivity index (χ1v) is 6.04. The minimum Gasteiger partial charge on any atom is -0.354 e. The van der Waals surface area contributed by atoms with E-state index in [1.807, 2.05) is 42.6 Å². The van der Waals surface area contributed by atoms with Crippen molar-refractivity contribution in [3.05, 3.63) is 55.0 Å². The van der Waals surface area contributed by atoms with E-state index in [0.717, 1.165) is 22.3 Å². The molecule has 0 bridgehead atoms. The molecule has 0 amide bonds. The second-order valence-electron chi connectivity index (χ2n) is 4.31. The summed E-state index contributed by atoms with van der Waals surface area (Å²) < 4.78 is 1.65. The summed E-state index contributed by atoms with van der Waals surface area (Å²) in [5.74, 6) is -0.000946. The fourth-order valence-corrected chi connectivity index (χ4v) is 2.13. The van der Waals surface area contributed by atoms with Crippen molar-refractivity contribution in [1.29, 1.82) is 0 Å². The molecule has 0 atom stereocenters. The monoisotopic (exact) mass is 251 g/mol. The first-order valence-electron chi connectivity index (χ1n) is 6.04. The lowest BCUT2D eigenvalue weighted by molar-refractivity contribution is 0.0942. The number of hydrogen-bond donors (Lipinski definition) is 1. The molecular weight excluding hydrogens is 238 g/mol. The summed E-state index contributed by atoms with van der Waals surface area (Å²) in [4.78, 5) is 15.6. The molecule has 1 N–H and O–H groups in total. The molecule has 0 saturated carbocycles. The second kappa shape index (κ2) is 4.57. The number of nitrogens with one attached hydrogen (secondary N) is 1. The van der Waals surface area contributed by atoms with Crippen molar-refractivity contribution in [2.24, 2.45) is 0 Å². The van der Waals surface area contributed by atoms with Crippen molar-refractivity contribution in [1.82, 2.24) is 9.55 Å². The van der Waals surface area contributed by atoms with Gasteiger partial charge in [0, 0.05) is 36.6 Å². The molecule has 1 aromatic carbocycles. The molecule has 0 unspecified atom stereocenters. The van der Waals surface area contributed by atoms with E-state index < -0.39 is 0 Å². The summed E-state index contributed by atoms with van der Waals surface area (Å²) in [6, 6.07) is 11.6.